The van der Waals surface area contributed by atoms with Crippen LogP contribution >= 0.6 is 0 Å². The zero-order valence-electron chi connectivity index (χ0n) is 13.7. The highest BCUT2D eigenvalue weighted by Gasteiger charge is 2.22. The van der Waals surface area contributed by atoms with Gasteiger partial charge in [0.05, 0.1) is 5.60 Å². The Hall–Kier alpha value is -1.40. The molecule has 0 radical (unpaired) electrons. The molecule has 0 spiro atoms. The number of nitrogens with one attached hydrogen (secondary N) is 2. The molecule has 0 bridgehead atoms. The number of methoxy groups -OCH3 is 1. The summed E-state index contributed by atoms with van der Waals surface area (Å²) in [4.78, 5) is 8.62. The summed E-state index contributed by atoms with van der Waals surface area (Å²) in [5, 5.41) is 16.8. The third kappa shape index (κ3) is 5.47. The first kappa shape index (κ1) is 17.7. The molecule has 0 saturated heterocycles. The number of ether oxygens (including phenoxy) is 1. The third-order valence-electron chi connectivity index (χ3n) is 3.29. The summed E-state index contributed by atoms with van der Waals surface area (Å²) >= 11 is 0. The summed E-state index contributed by atoms with van der Waals surface area (Å²) in [6.07, 6.45) is 2.11. The summed E-state index contributed by atoms with van der Waals surface area (Å²) in [6, 6.07) is 0. The Balaban J connectivity index is 2.85. The molecule has 1 aromatic heterocycles. The highest BCUT2D eigenvalue weighted by atomic mass is 16.5. The smallest absolute Gasteiger partial charge is 0.135 e. The molecule has 1 heterocycles. The summed E-state index contributed by atoms with van der Waals surface area (Å²) < 4.78 is 5.02. The van der Waals surface area contributed by atoms with Gasteiger partial charge in [-0.3, -0.25) is 0 Å². The average Bonchev–Trinajstić information content (AvgIpc) is 2.43. The van der Waals surface area contributed by atoms with E-state index in [9.17, 15) is 5.11 Å². The van der Waals surface area contributed by atoms with Crippen LogP contribution in [-0.4, -0.2) is 47.5 Å². The molecule has 0 aliphatic carbocycles. The van der Waals surface area contributed by atoms with Crippen LogP contribution in [0.15, 0.2) is 6.33 Å². The van der Waals surface area contributed by atoms with Crippen molar-refractivity contribution in [2.75, 3.05) is 37.4 Å². The molecule has 6 nitrogen and oxygen atoms in total. The molecule has 3 N–H and O–H groups in total. The van der Waals surface area contributed by atoms with E-state index in [-0.39, 0.29) is 5.92 Å². The van der Waals surface area contributed by atoms with Crippen LogP contribution in [0.3, 0.4) is 0 Å². The maximum atomic E-state index is 10.3. The molecule has 120 valence electrons. The molecular weight excluding hydrogens is 268 g/mol. The quantitative estimate of drug-likeness (QED) is 0.648. The molecule has 6 heteroatoms. The number of nitrogens with zero attached hydrogens (tertiary/aromatic N) is 2. The van der Waals surface area contributed by atoms with E-state index < -0.39 is 5.60 Å². The first-order chi connectivity index (χ1) is 9.91. The summed E-state index contributed by atoms with van der Waals surface area (Å²) in [5.41, 5.74) is 0.204. The topological polar surface area (TPSA) is 79.3 Å². The van der Waals surface area contributed by atoms with Crippen molar-refractivity contribution in [1.29, 1.82) is 0 Å². The molecule has 0 amide bonds. The van der Waals surface area contributed by atoms with E-state index in [0.29, 0.717) is 19.6 Å². The van der Waals surface area contributed by atoms with E-state index >= 15 is 0 Å². The van der Waals surface area contributed by atoms with Gasteiger partial charge >= 0.3 is 0 Å². The van der Waals surface area contributed by atoms with Crippen molar-refractivity contribution in [3.8, 4) is 0 Å². The van der Waals surface area contributed by atoms with Crippen LogP contribution in [0.25, 0.3) is 0 Å². The van der Waals surface area contributed by atoms with Crippen molar-refractivity contribution < 1.29 is 9.84 Å². The molecule has 1 rings (SSSR count). The lowest BCUT2D eigenvalue weighted by molar-refractivity contribution is 0.0357. The molecular formula is C15H28N4O2. The van der Waals surface area contributed by atoms with Gasteiger partial charge in [0.1, 0.15) is 18.0 Å². The van der Waals surface area contributed by atoms with E-state index in [2.05, 4.69) is 34.4 Å². The van der Waals surface area contributed by atoms with Gasteiger partial charge in [-0.05, 0) is 19.8 Å². The van der Waals surface area contributed by atoms with Gasteiger partial charge in [-0.1, -0.05) is 13.8 Å². The monoisotopic (exact) mass is 296 g/mol. The molecule has 0 fully saturated rings. The maximum absolute atomic E-state index is 10.3. The zero-order valence-corrected chi connectivity index (χ0v) is 13.7. The van der Waals surface area contributed by atoms with Gasteiger partial charge < -0.3 is 20.5 Å². The summed E-state index contributed by atoms with van der Waals surface area (Å²) in [6.45, 7) is 9.79. The molecule has 0 aromatic carbocycles. The van der Waals surface area contributed by atoms with Crippen LogP contribution in [-0.2, 0) is 4.74 Å². The minimum atomic E-state index is -0.840. The average molecular weight is 296 g/mol. The lowest BCUT2D eigenvalue weighted by Crippen LogP contribution is -2.35. The van der Waals surface area contributed by atoms with Gasteiger partial charge in [0.25, 0.3) is 0 Å². The van der Waals surface area contributed by atoms with E-state index in [0.717, 1.165) is 23.7 Å². The van der Waals surface area contributed by atoms with Crippen LogP contribution in [0.2, 0.25) is 0 Å². The molecule has 21 heavy (non-hydrogen) atoms. The standard InChI is InChI=1S/C15H28N4O2/c1-6-16-13-12(11(2)3)14(19-10-18-13)17-9-15(4,20)7-8-21-5/h10-11,20H,6-9H2,1-5H3,(H2,16,17,18,19). The molecule has 0 saturated carbocycles. The normalized spacial score (nSPS) is 14.0. The molecule has 1 aromatic rings. The molecule has 1 unspecified atom stereocenters. The SMILES string of the molecule is CCNc1ncnc(NCC(C)(O)CCOC)c1C(C)C. The van der Waals surface area contributed by atoms with Gasteiger partial charge in [-0.2, -0.15) is 0 Å². The highest BCUT2D eigenvalue weighted by molar-refractivity contribution is 5.59. The minimum absolute atomic E-state index is 0.284. The van der Waals surface area contributed by atoms with Gasteiger partial charge in [0.2, 0.25) is 0 Å². The van der Waals surface area contributed by atoms with E-state index in [4.69, 9.17) is 4.74 Å². The van der Waals surface area contributed by atoms with Crippen LogP contribution in [0.5, 0.6) is 0 Å². The van der Waals surface area contributed by atoms with Crippen molar-refractivity contribution in [2.24, 2.45) is 0 Å². The summed E-state index contributed by atoms with van der Waals surface area (Å²) in [5.74, 6) is 1.90. The van der Waals surface area contributed by atoms with Gasteiger partial charge in [-0.25, -0.2) is 9.97 Å². The van der Waals surface area contributed by atoms with Crippen molar-refractivity contribution >= 4 is 11.6 Å². The van der Waals surface area contributed by atoms with E-state index in [1.54, 1.807) is 14.0 Å². The lowest BCUT2D eigenvalue weighted by atomic mass is 10.0. The largest absolute Gasteiger partial charge is 0.388 e. The van der Waals surface area contributed by atoms with Crippen molar-refractivity contribution in [1.82, 2.24) is 9.97 Å². The lowest BCUT2D eigenvalue weighted by Gasteiger charge is -2.25. The Bertz CT molecular complexity index is 436. The zero-order chi connectivity index (χ0) is 15.9. The Labute approximate surface area is 127 Å². The molecule has 1 atom stereocenters. The fraction of sp³-hybridized carbons (Fsp3) is 0.733. The number of aliphatic hydroxyl groups is 1. The minimum Gasteiger partial charge on any atom is -0.388 e. The first-order valence-electron chi connectivity index (χ1n) is 7.45. The fourth-order valence-corrected chi connectivity index (χ4v) is 2.08. The first-order valence-corrected chi connectivity index (χ1v) is 7.45. The van der Waals surface area contributed by atoms with Crippen LogP contribution in [0.4, 0.5) is 11.6 Å². The Morgan fingerprint density at radius 3 is 2.43 bits per heavy atom. The number of hydrogen-bond acceptors (Lipinski definition) is 6. The second kappa shape index (κ2) is 8.14. The Morgan fingerprint density at radius 1 is 1.29 bits per heavy atom. The summed E-state index contributed by atoms with van der Waals surface area (Å²) in [7, 11) is 1.63. The maximum Gasteiger partial charge on any atom is 0.135 e. The molecule has 0 aliphatic rings. The number of aromatic nitrogens is 2. The van der Waals surface area contributed by atoms with Crippen LogP contribution in [0.1, 0.15) is 45.6 Å². The predicted octanol–water partition coefficient (Wildman–Crippen LogP) is 2.23. The van der Waals surface area contributed by atoms with Gasteiger partial charge in [0, 0.05) is 38.8 Å². The van der Waals surface area contributed by atoms with Gasteiger partial charge in [-0.15, -0.1) is 0 Å². The number of anilines is 2. The van der Waals surface area contributed by atoms with Crippen molar-refractivity contribution in [2.45, 2.75) is 45.6 Å². The number of rotatable bonds is 9. The van der Waals surface area contributed by atoms with Crippen LogP contribution in [0, 0.1) is 0 Å². The van der Waals surface area contributed by atoms with Crippen molar-refractivity contribution in [3.63, 3.8) is 0 Å². The predicted molar refractivity (Wildman–Crippen MR) is 85.9 cm³/mol. The second-order valence-electron chi connectivity index (χ2n) is 5.76. The van der Waals surface area contributed by atoms with Crippen LogP contribution < -0.4 is 10.6 Å². The highest BCUT2D eigenvalue weighted by Crippen LogP contribution is 2.28. The fourth-order valence-electron chi connectivity index (χ4n) is 2.08. The van der Waals surface area contributed by atoms with E-state index in [1.807, 2.05) is 6.92 Å². The van der Waals surface area contributed by atoms with E-state index in [1.165, 1.54) is 6.33 Å². The van der Waals surface area contributed by atoms with Crippen molar-refractivity contribution in [3.05, 3.63) is 11.9 Å². The third-order valence-corrected chi connectivity index (χ3v) is 3.29. The van der Waals surface area contributed by atoms with Gasteiger partial charge in [0.15, 0.2) is 0 Å². The Kier molecular flexibility index (Phi) is 6.84. The Morgan fingerprint density at radius 2 is 1.90 bits per heavy atom. The molecule has 0 aliphatic heterocycles. The second-order valence-corrected chi connectivity index (χ2v) is 5.76. The number of hydrogen-bond donors (Lipinski definition) is 3.